The zero-order valence-corrected chi connectivity index (χ0v) is 15.6. The summed E-state index contributed by atoms with van der Waals surface area (Å²) in [6.45, 7) is 0.369. The fourth-order valence-corrected chi connectivity index (χ4v) is 6.14. The molecule has 2 heterocycles. The molecule has 1 unspecified atom stereocenters. The molecular weight excluding hydrogens is 368 g/mol. The quantitative estimate of drug-likeness (QED) is 0.744. The average Bonchev–Trinajstić information content (AvgIpc) is 3.34. The number of amides is 1. The number of nitrogens with one attached hydrogen (secondary N) is 1. The first-order chi connectivity index (χ1) is 12.6. The highest BCUT2D eigenvalue weighted by atomic mass is 32.2. The van der Waals surface area contributed by atoms with E-state index in [1.807, 2.05) is 42.5 Å². The number of benzene rings is 2. The van der Waals surface area contributed by atoms with Gasteiger partial charge in [0.2, 0.25) is 5.91 Å². The van der Waals surface area contributed by atoms with Crippen LogP contribution in [0.2, 0.25) is 0 Å². The van der Waals surface area contributed by atoms with E-state index >= 15 is 0 Å². The van der Waals surface area contributed by atoms with Gasteiger partial charge in [-0.05, 0) is 35.7 Å². The van der Waals surface area contributed by atoms with Crippen LogP contribution < -0.4 is 5.32 Å². The third kappa shape index (κ3) is 3.02. The maximum absolute atomic E-state index is 12.9. The van der Waals surface area contributed by atoms with E-state index in [1.165, 1.54) is 15.6 Å². The Morgan fingerprint density at radius 2 is 1.88 bits per heavy atom. The molecule has 1 N–H and O–H groups in total. The Kier molecular flexibility index (Phi) is 4.52. The molecule has 1 fully saturated rings. The van der Waals surface area contributed by atoms with E-state index in [-0.39, 0.29) is 10.1 Å². The van der Waals surface area contributed by atoms with Gasteiger partial charge in [-0.2, -0.15) is 4.31 Å². The molecule has 1 saturated heterocycles. The molecule has 0 spiro atoms. The highest BCUT2D eigenvalue weighted by Crippen LogP contribution is 2.30. The van der Waals surface area contributed by atoms with Gasteiger partial charge < -0.3 is 5.32 Å². The van der Waals surface area contributed by atoms with Gasteiger partial charge in [-0.15, -0.1) is 11.3 Å². The molecule has 1 atom stereocenters. The number of carbonyl (C=O) groups excluding carboxylic acids is 1. The van der Waals surface area contributed by atoms with Crippen LogP contribution in [0.15, 0.2) is 64.2 Å². The normalized spacial score (nSPS) is 18.2. The SMILES string of the molecule is O=C(Nc1cccc2ccccc12)C1CCCN1S(=O)(=O)c1cccs1. The van der Waals surface area contributed by atoms with Crippen molar-refractivity contribution in [3.63, 3.8) is 0 Å². The van der Waals surface area contributed by atoms with Gasteiger partial charge in [0.25, 0.3) is 10.0 Å². The standard InChI is InChI=1S/C19H18N2O3S2/c22-19(20-16-9-3-7-14-6-1-2-8-15(14)16)17-10-4-12-21(17)26(23,24)18-11-5-13-25-18/h1-3,5-9,11,13,17H,4,10,12H2,(H,20,22). The van der Waals surface area contributed by atoms with Crippen molar-refractivity contribution < 1.29 is 13.2 Å². The number of anilines is 1. The topological polar surface area (TPSA) is 66.5 Å². The van der Waals surface area contributed by atoms with E-state index in [0.717, 1.165) is 10.8 Å². The molecule has 0 radical (unpaired) electrons. The van der Waals surface area contributed by atoms with Gasteiger partial charge in [0.1, 0.15) is 10.3 Å². The van der Waals surface area contributed by atoms with Crippen molar-refractivity contribution in [3.05, 3.63) is 60.0 Å². The molecule has 2 aromatic carbocycles. The van der Waals surface area contributed by atoms with Crippen molar-refractivity contribution in [1.29, 1.82) is 0 Å². The maximum atomic E-state index is 12.9. The number of nitrogens with zero attached hydrogens (tertiary/aromatic N) is 1. The number of thiophene rings is 1. The molecule has 0 bridgehead atoms. The second kappa shape index (κ2) is 6.83. The summed E-state index contributed by atoms with van der Waals surface area (Å²) in [5, 5.41) is 6.63. The van der Waals surface area contributed by atoms with Gasteiger partial charge in [-0.1, -0.05) is 42.5 Å². The molecule has 4 rings (SSSR count). The number of fused-ring (bicyclic) bond motifs is 1. The average molecular weight is 386 g/mol. The summed E-state index contributed by atoms with van der Waals surface area (Å²) in [7, 11) is -3.63. The van der Waals surface area contributed by atoms with Gasteiger partial charge in [-0.3, -0.25) is 4.79 Å². The summed E-state index contributed by atoms with van der Waals surface area (Å²) in [5.74, 6) is -0.279. The van der Waals surface area contributed by atoms with Crippen LogP contribution in [0.25, 0.3) is 10.8 Å². The Hall–Kier alpha value is -2.22. The summed E-state index contributed by atoms with van der Waals surface area (Å²) in [5.41, 5.74) is 0.702. The summed E-state index contributed by atoms with van der Waals surface area (Å²) < 4.78 is 27.3. The minimum Gasteiger partial charge on any atom is -0.324 e. The predicted octanol–water partition coefficient (Wildman–Crippen LogP) is 3.69. The Labute approximate surface area is 156 Å². The molecule has 134 valence electrons. The third-order valence-electron chi connectivity index (χ3n) is 4.61. The molecule has 0 aliphatic carbocycles. The second-order valence-electron chi connectivity index (χ2n) is 6.22. The summed E-state index contributed by atoms with van der Waals surface area (Å²) in [4.78, 5) is 12.9. The number of sulfonamides is 1. The Morgan fingerprint density at radius 1 is 1.08 bits per heavy atom. The Bertz CT molecular complexity index is 1040. The van der Waals surface area contributed by atoms with Crippen LogP contribution in [0.4, 0.5) is 5.69 Å². The molecule has 7 heteroatoms. The van der Waals surface area contributed by atoms with Gasteiger partial charge >= 0.3 is 0 Å². The number of rotatable bonds is 4. The van der Waals surface area contributed by atoms with E-state index in [4.69, 9.17) is 0 Å². The monoisotopic (exact) mass is 386 g/mol. The van der Waals surface area contributed by atoms with Gasteiger partial charge in [-0.25, -0.2) is 8.42 Å². The van der Waals surface area contributed by atoms with Gasteiger partial charge in [0.15, 0.2) is 0 Å². The van der Waals surface area contributed by atoms with Crippen molar-refractivity contribution >= 4 is 43.7 Å². The summed E-state index contributed by atoms with van der Waals surface area (Å²) in [6, 6.07) is 16.1. The van der Waals surface area contributed by atoms with E-state index in [2.05, 4.69) is 5.32 Å². The fraction of sp³-hybridized carbons (Fsp3) is 0.211. The van der Waals surface area contributed by atoms with E-state index < -0.39 is 16.1 Å². The van der Waals surface area contributed by atoms with Gasteiger partial charge in [0.05, 0.1) is 0 Å². The van der Waals surface area contributed by atoms with Crippen molar-refractivity contribution in [2.75, 3.05) is 11.9 Å². The highest BCUT2D eigenvalue weighted by Gasteiger charge is 2.39. The maximum Gasteiger partial charge on any atom is 0.253 e. The van der Waals surface area contributed by atoms with E-state index in [1.54, 1.807) is 17.5 Å². The molecule has 3 aromatic rings. The second-order valence-corrected chi connectivity index (χ2v) is 9.29. The molecule has 0 saturated carbocycles. The van der Waals surface area contributed by atoms with Crippen LogP contribution >= 0.6 is 11.3 Å². The van der Waals surface area contributed by atoms with Crippen molar-refractivity contribution in [2.45, 2.75) is 23.1 Å². The summed E-state index contributed by atoms with van der Waals surface area (Å²) in [6.07, 6.45) is 1.21. The molecular formula is C19H18N2O3S2. The zero-order chi connectivity index (χ0) is 18.1. The lowest BCUT2D eigenvalue weighted by molar-refractivity contribution is -0.119. The van der Waals surface area contributed by atoms with E-state index in [0.29, 0.717) is 25.1 Å². The first kappa shape index (κ1) is 17.2. The fourth-order valence-electron chi connectivity index (χ4n) is 3.37. The minimum atomic E-state index is -3.63. The Balaban J connectivity index is 1.61. The first-order valence-electron chi connectivity index (χ1n) is 8.41. The van der Waals surface area contributed by atoms with Gasteiger partial charge in [0, 0.05) is 17.6 Å². The third-order valence-corrected chi connectivity index (χ3v) is 7.89. The van der Waals surface area contributed by atoms with Crippen molar-refractivity contribution in [1.82, 2.24) is 4.31 Å². The van der Waals surface area contributed by atoms with Crippen LogP contribution in [0.5, 0.6) is 0 Å². The number of hydrogen-bond acceptors (Lipinski definition) is 4. The Morgan fingerprint density at radius 3 is 2.69 bits per heavy atom. The van der Waals surface area contributed by atoms with Crippen LogP contribution in [0.3, 0.4) is 0 Å². The minimum absolute atomic E-state index is 0.279. The van der Waals surface area contributed by atoms with Crippen molar-refractivity contribution in [2.24, 2.45) is 0 Å². The largest absolute Gasteiger partial charge is 0.324 e. The smallest absolute Gasteiger partial charge is 0.253 e. The van der Waals surface area contributed by atoms with Crippen LogP contribution in [-0.4, -0.2) is 31.2 Å². The first-order valence-corrected chi connectivity index (χ1v) is 10.7. The highest BCUT2D eigenvalue weighted by molar-refractivity contribution is 7.91. The summed E-state index contributed by atoms with van der Waals surface area (Å²) >= 11 is 1.17. The lowest BCUT2D eigenvalue weighted by atomic mass is 10.1. The van der Waals surface area contributed by atoms with Crippen LogP contribution in [-0.2, 0) is 14.8 Å². The number of hydrogen-bond donors (Lipinski definition) is 1. The van der Waals surface area contributed by atoms with Crippen LogP contribution in [0, 0.1) is 0 Å². The van der Waals surface area contributed by atoms with Crippen LogP contribution in [0.1, 0.15) is 12.8 Å². The lowest BCUT2D eigenvalue weighted by Crippen LogP contribution is -2.42. The number of carbonyl (C=O) groups is 1. The molecule has 1 aliphatic heterocycles. The molecule has 26 heavy (non-hydrogen) atoms. The lowest BCUT2D eigenvalue weighted by Gasteiger charge is -2.23. The predicted molar refractivity (Wildman–Crippen MR) is 104 cm³/mol. The van der Waals surface area contributed by atoms with Crippen molar-refractivity contribution in [3.8, 4) is 0 Å². The molecule has 1 aliphatic rings. The van der Waals surface area contributed by atoms with E-state index in [9.17, 15) is 13.2 Å². The molecule has 1 aromatic heterocycles. The zero-order valence-electron chi connectivity index (χ0n) is 14.0. The molecule has 5 nitrogen and oxygen atoms in total. The molecule has 1 amide bonds.